The molecule has 1 N–H and O–H groups in total. The summed E-state index contributed by atoms with van der Waals surface area (Å²) in [7, 11) is 1.81. The third-order valence-electron chi connectivity index (χ3n) is 3.04. The topological polar surface area (TPSA) is 32.3 Å². The van der Waals surface area contributed by atoms with Crippen molar-refractivity contribution in [2.75, 3.05) is 12.4 Å². The molecule has 106 valence electrons. The van der Waals surface area contributed by atoms with Crippen LogP contribution in [0.2, 0.25) is 0 Å². The number of para-hydroxylation sites is 1. The quantitative estimate of drug-likeness (QED) is 0.878. The van der Waals surface area contributed by atoms with Gasteiger partial charge in [-0.05, 0) is 33.6 Å². The molecule has 0 atom stereocenters. The van der Waals surface area contributed by atoms with Gasteiger partial charge in [0.2, 0.25) is 5.91 Å². The lowest BCUT2D eigenvalue weighted by molar-refractivity contribution is -0.128. The molecule has 2 aromatic rings. The van der Waals surface area contributed by atoms with Crippen molar-refractivity contribution in [2.24, 2.45) is 0 Å². The minimum Gasteiger partial charge on any atom is -0.380 e. The van der Waals surface area contributed by atoms with Crippen LogP contribution < -0.4 is 5.32 Å². The maximum atomic E-state index is 11.3. The Bertz CT molecular complexity index is 597. The van der Waals surface area contributed by atoms with E-state index in [2.05, 4.69) is 32.7 Å². The third-order valence-corrected chi connectivity index (χ3v) is 4.73. The molecule has 2 rings (SSSR count). The predicted octanol–water partition coefficient (Wildman–Crippen LogP) is 4.10. The van der Waals surface area contributed by atoms with Crippen molar-refractivity contribution in [2.45, 2.75) is 20.0 Å². The van der Waals surface area contributed by atoms with Crippen LogP contribution in [0.5, 0.6) is 0 Å². The van der Waals surface area contributed by atoms with Gasteiger partial charge in [-0.15, -0.1) is 11.3 Å². The zero-order valence-electron chi connectivity index (χ0n) is 11.5. The van der Waals surface area contributed by atoms with E-state index in [-0.39, 0.29) is 5.91 Å². The summed E-state index contributed by atoms with van der Waals surface area (Å²) in [6.07, 6.45) is 0. The lowest BCUT2D eigenvalue weighted by Crippen LogP contribution is -2.23. The van der Waals surface area contributed by atoms with E-state index < -0.39 is 0 Å². The Morgan fingerprint density at radius 3 is 2.80 bits per heavy atom. The molecule has 0 bridgehead atoms. The number of carbonyl (C=O) groups excluding carboxylic acids is 1. The van der Waals surface area contributed by atoms with Crippen LogP contribution in [0, 0.1) is 0 Å². The van der Waals surface area contributed by atoms with Crippen LogP contribution in [-0.2, 0) is 17.9 Å². The van der Waals surface area contributed by atoms with Gasteiger partial charge in [-0.25, -0.2) is 0 Å². The van der Waals surface area contributed by atoms with Gasteiger partial charge in [0.15, 0.2) is 0 Å². The zero-order chi connectivity index (χ0) is 14.5. The van der Waals surface area contributed by atoms with Crippen molar-refractivity contribution in [1.82, 2.24) is 4.90 Å². The maximum absolute atomic E-state index is 11.3. The van der Waals surface area contributed by atoms with Crippen molar-refractivity contribution in [3.63, 3.8) is 0 Å². The molecule has 0 saturated carbocycles. The second-order valence-corrected chi connectivity index (χ2v) is 6.53. The molecule has 0 aliphatic heterocycles. The van der Waals surface area contributed by atoms with Crippen molar-refractivity contribution < 1.29 is 4.79 Å². The lowest BCUT2D eigenvalue weighted by atomic mass is 10.1. The second kappa shape index (κ2) is 6.90. The molecular formula is C15H17BrN2OS. The second-order valence-electron chi connectivity index (χ2n) is 4.62. The molecule has 1 aromatic carbocycles. The number of hydrogen-bond donors (Lipinski definition) is 1. The number of anilines is 1. The van der Waals surface area contributed by atoms with Gasteiger partial charge in [0, 0.05) is 47.5 Å². The first-order valence-corrected chi connectivity index (χ1v) is 8.00. The summed E-state index contributed by atoms with van der Waals surface area (Å²) in [6, 6.07) is 10.2. The largest absolute Gasteiger partial charge is 0.380 e. The summed E-state index contributed by atoms with van der Waals surface area (Å²) in [5.41, 5.74) is 2.20. The first-order chi connectivity index (χ1) is 9.56. The highest BCUT2D eigenvalue weighted by molar-refractivity contribution is 9.10. The SMILES string of the molecule is CC(=O)N(C)Cc1ccccc1NCc1cc(Br)cs1. The summed E-state index contributed by atoms with van der Waals surface area (Å²) in [4.78, 5) is 14.3. The summed E-state index contributed by atoms with van der Waals surface area (Å²) < 4.78 is 1.11. The minimum atomic E-state index is 0.0713. The minimum absolute atomic E-state index is 0.0713. The molecule has 0 saturated heterocycles. The number of rotatable bonds is 5. The fraction of sp³-hybridized carbons (Fsp3) is 0.267. The monoisotopic (exact) mass is 352 g/mol. The van der Waals surface area contributed by atoms with Crippen LogP contribution in [0.25, 0.3) is 0 Å². The average molecular weight is 353 g/mol. The van der Waals surface area contributed by atoms with Gasteiger partial charge in [0.25, 0.3) is 0 Å². The van der Waals surface area contributed by atoms with Crippen molar-refractivity contribution in [3.05, 3.63) is 50.6 Å². The Labute approximate surface area is 131 Å². The van der Waals surface area contributed by atoms with E-state index in [1.165, 1.54) is 4.88 Å². The standard InChI is InChI=1S/C15H17BrN2OS/c1-11(19)18(2)9-12-5-3-4-6-15(12)17-8-14-7-13(16)10-20-14/h3-7,10,17H,8-9H2,1-2H3. The number of halogens is 1. The van der Waals surface area contributed by atoms with E-state index in [4.69, 9.17) is 0 Å². The van der Waals surface area contributed by atoms with E-state index in [0.717, 1.165) is 22.3 Å². The van der Waals surface area contributed by atoms with Gasteiger partial charge in [0.1, 0.15) is 0 Å². The maximum Gasteiger partial charge on any atom is 0.219 e. The molecule has 0 aliphatic rings. The Morgan fingerprint density at radius 2 is 2.15 bits per heavy atom. The first-order valence-electron chi connectivity index (χ1n) is 6.32. The molecule has 1 heterocycles. The van der Waals surface area contributed by atoms with Crippen molar-refractivity contribution in [3.8, 4) is 0 Å². The number of nitrogens with zero attached hydrogens (tertiary/aromatic N) is 1. The number of hydrogen-bond acceptors (Lipinski definition) is 3. The fourth-order valence-electron chi connectivity index (χ4n) is 1.83. The highest BCUT2D eigenvalue weighted by Gasteiger charge is 2.07. The van der Waals surface area contributed by atoms with Crippen LogP contribution >= 0.6 is 27.3 Å². The smallest absolute Gasteiger partial charge is 0.219 e. The van der Waals surface area contributed by atoms with Gasteiger partial charge in [-0.2, -0.15) is 0 Å². The Balaban J connectivity index is 2.05. The molecule has 20 heavy (non-hydrogen) atoms. The third kappa shape index (κ3) is 4.08. The molecule has 1 amide bonds. The Morgan fingerprint density at radius 1 is 1.40 bits per heavy atom. The van der Waals surface area contributed by atoms with Gasteiger partial charge >= 0.3 is 0 Å². The average Bonchev–Trinajstić information content (AvgIpc) is 2.83. The molecule has 1 aromatic heterocycles. The highest BCUT2D eigenvalue weighted by atomic mass is 79.9. The van der Waals surface area contributed by atoms with Crippen LogP contribution in [0.15, 0.2) is 40.2 Å². The molecule has 0 unspecified atom stereocenters. The number of thiophene rings is 1. The summed E-state index contributed by atoms with van der Waals surface area (Å²) >= 11 is 5.18. The summed E-state index contributed by atoms with van der Waals surface area (Å²) in [5, 5.41) is 5.51. The number of carbonyl (C=O) groups is 1. The highest BCUT2D eigenvalue weighted by Crippen LogP contribution is 2.22. The van der Waals surface area contributed by atoms with Crippen molar-refractivity contribution >= 4 is 38.9 Å². The van der Waals surface area contributed by atoms with Crippen LogP contribution in [0.4, 0.5) is 5.69 Å². The first kappa shape index (κ1) is 15.1. The fourth-order valence-corrected chi connectivity index (χ4v) is 3.22. The summed E-state index contributed by atoms with van der Waals surface area (Å²) in [5.74, 6) is 0.0713. The molecule has 0 aliphatic carbocycles. The number of amides is 1. The van der Waals surface area contributed by atoms with Gasteiger partial charge in [-0.3, -0.25) is 4.79 Å². The molecular weight excluding hydrogens is 336 g/mol. The number of benzene rings is 1. The van der Waals surface area contributed by atoms with Crippen molar-refractivity contribution in [1.29, 1.82) is 0 Å². The normalized spacial score (nSPS) is 10.3. The molecule has 0 spiro atoms. The molecule has 3 nitrogen and oxygen atoms in total. The predicted molar refractivity (Wildman–Crippen MR) is 87.9 cm³/mol. The van der Waals surface area contributed by atoms with E-state index in [1.807, 2.05) is 31.3 Å². The molecule has 0 fully saturated rings. The van der Waals surface area contributed by atoms with Crippen LogP contribution in [-0.4, -0.2) is 17.9 Å². The lowest BCUT2D eigenvalue weighted by Gasteiger charge is -2.18. The van der Waals surface area contributed by atoms with E-state index >= 15 is 0 Å². The molecule has 5 heteroatoms. The molecule has 0 radical (unpaired) electrons. The zero-order valence-corrected chi connectivity index (χ0v) is 13.9. The number of nitrogens with one attached hydrogen (secondary N) is 1. The van der Waals surface area contributed by atoms with E-state index in [1.54, 1.807) is 23.2 Å². The van der Waals surface area contributed by atoms with Gasteiger partial charge < -0.3 is 10.2 Å². The van der Waals surface area contributed by atoms with E-state index in [9.17, 15) is 4.79 Å². The van der Waals surface area contributed by atoms with Gasteiger partial charge in [0.05, 0.1) is 0 Å². The van der Waals surface area contributed by atoms with Crippen LogP contribution in [0.1, 0.15) is 17.4 Å². The Hall–Kier alpha value is -1.33. The van der Waals surface area contributed by atoms with Gasteiger partial charge in [-0.1, -0.05) is 18.2 Å². The Kier molecular flexibility index (Phi) is 5.20. The van der Waals surface area contributed by atoms with E-state index in [0.29, 0.717) is 6.54 Å². The van der Waals surface area contributed by atoms with Crippen LogP contribution in [0.3, 0.4) is 0 Å². The summed E-state index contributed by atoms with van der Waals surface area (Å²) in [6.45, 7) is 2.99.